The molecule has 1 aromatic carbocycles. The molecule has 0 saturated carbocycles. The van der Waals surface area contributed by atoms with E-state index in [4.69, 9.17) is 9.72 Å². The smallest absolute Gasteiger partial charge is 0.225 e. The Morgan fingerprint density at radius 3 is 2.88 bits per heavy atom. The lowest BCUT2D eigenvalue weighted by atomic mass is 10.2. The largest absolute Gasteiger partial charge is 0.497 e. The summed E-state index contributed by atoms with van der Waals surface area (Å²) in [6, 6.07) is 9.74. The molecule has 4 rings (SSSR count). The Hall–Kier alpha value is -2.54. The van der Waals surface area contributed by atoms with Crippen molar-refractivity contribution < 1.29 is 4.74 Å². The molecule has 7 heteroatoms. The van der Waals surface area contributed by atoms with Crippen molar-refractivity contribution in [1.82, 2.24) is 19.7 Å². The van der Waals surface area contributed by atoms with Crippen molar-refractivity contribution in [2.45, 2.75) is 0 Å². The molecule has 25 heavy (non-hydrogen) atoms. The predicted molar refractivity (Wildman–Crippen MR) is 101 cm³/mol. The van der Waals surface area contributed by atoms with E-state index in [9.17, 15) is 0 Å². The van der Waals surface area contributed by atoms with Crippen LogP contribution in [-0.4, -0.2) is 51.5 Å². The number of nitrogens with zero attached hydrogens (tertiary/aromatic N) is 5. The molecule has 0 radical (unpaired) electrons. The second-order valence-electron chi connectivity index (χ2n) is 5.72. The summed E-state index contributed by atoms with van der Waals surface area (Å²) in [5.41, 5.74) is 2.81. The first-order chi connectivity index (χ1) is 12.3. The Labute approximate surface area is 150 Å². The van der Waals surface area contributed by atoms with Gasteiger partial charge in [0.2, 0.25) is 5.95 Å². The van der Waals surface area contributed by atoms with Crippen molar-refractivity contribution in [2.24, 2.45) is 0 Å². The molecule has 2 aromatic heterocycles. The van der Waals surface area contributed by atoms with Crippen LogP contribution in [0.25, 0.3) is 16.9 Å². The highest BCUT2D eigenvalue weighted by molar-refractivity contribution is 7.99. The molecule has 6 nitrogen and oxygen atoms in total. The monoisotopic (exact) mass is 353 g/mol. The van der Waals surface area contributed by atoms with Gasteiger partial charge < -0.3 is 9.64 Å². The summed E-state index contributed by atoms with van der Waals surface area (Å²) in [5.74, 6) is 3.86. The quantitative estimate of drug-likeness (QED) is 0.719. The van der Waals surface area contributed by atoms with Gasteiger partial charge >= 0.3 is 0 Å². The van der Waals surface area contributed by atoms with Crippen LogP contribution in [-0.2, 0) is 0 Å². The van der Waals surface area contributed by atoms with E-state index in [-0.39, 0.29) is 0 Å². The van der Waals surface area contributed by atoms with Crippen molar-refractivity contribution in [3.05, 3.63) is 48.9 Å². The van der Waals surface area contributed by atoms with Gasteiger partial charge in [-0.1, -0.05) is 6.07 Å². The molecule has 0 N–H and O–H groups in total. The van der Waals surface area contributed by atoms with Gasteiger partial charge in [0, 0.05) is 48.6 Å². The zero-order chi connectivity index (χ0) is 17.1. The van der Waals surface area contributed by atoms with E-state index in [0.29, 0.717) is 0 Å². The van der Waals surface area contributed by atoms with Crippen molar-refractivity contribution >= 4 is 17.7 Å². The van der Waals surface area contributed by atoms with Gasteiger partial charge in [0.1, 0.15) is 5.75 Å². The number of benzene rings is 1. The van der Waals surface area contributed by atoms with Crippen molar-refractivity contribution in [1.29, 1.82) is 0 Å². The fourth-order valence-electron chi connectivity index (χ4n) is 2.77. The summed E-state index contributed by atoms with van der Waals surface area (Å²) >= 11 is 1.98. The molecule has 0 aliphatic carbocycles. The maximum atomic E-state index is 5.28. The van der Waals surface area contributed by atoms with Crippen LogP contribution in [0.1, 0.15) is 0 Å². The summed E-state index contributed by atoms with van der Waals surface area (Å²) in [7, 11) is 1.66. The lowest BCUT2D eigenvalue weighted by Gasteiger charge is -2.26. The molecule has 0 amide bonds. The molecule has 0 unspecified atom stereocenters. The van der Waals surface area contributed by atoms with Gasteiger partial charge in [0.15, 0.2) is 0 Å². The molecule has 0 atom stereocenters. The number of rotatable bonds is 4. The van der Waals surface area contributed by atoms with Crippen LogP contribution in [0.3, 0.4) is 0 Å². The standard InChI is InChI=1S/C18H19N5OS/c1-24-16-4-2-3-15(11-16)23-13-14(12-20-23)17-5-6-19-18(21-17)22-7-9-25-10-8-22/h2-6,11-13H,7-10H2,1H3. The summed E-state index contributed by atoms with van der Waals surface area (Å²) in [4.78, 5) is 11.4. The van der Waals surface area contributed by atoms with Crippen LogP contribution < -0.4 is 9.64 Å². The van der Waals surface area contributed by atoms with E-state index < -0.39 is 0 Å². The molecule has 3 heterocycles. The molecule has 128 valence electrons. The zero-order valence-corrected chi connectivity index (χ0v) is 14.8. The van der Waals surface area contributed by atoms with E-state index in [1.165, 1.54) is 0 Å². The molecule has 1 aliphatic rings. The van der Waals surface area contributed by atoms with Gasteiger partial charge in [-0.05, 0) is 18.2 Å². The van der Waals surface area contributed by atoms with E-state index in [1.54, 1.807) is 7.11 Å². The SMILES string of the molecule is COc1cccc(-n2cc(-c3ccnc(N4CCSCC4)n3)cn2)c1. The highest BCUT2D eigenvalue weighted by atomic mass is 32.2. The Bertz CT molecular complexity index is 860. The first-order valence-corrected chi connectivity index (χ1v) is 9.34. The Morgan fingerprint density at radius 2 is 2.04 bits per heavy atom. The highest BCUT2D eigenvalue weighted by Crippen LogP contribution is 2.22. The predicted octanol–water partition coefficient (Wildman–Crippen LogP) is 2.89. The van der Waals surface area contributed by atoms with Gasteiger partial charge in [-0.15, -0.1) is 0 Å². The molecule has 0 bridgehead atoms. The number of ether oxygens (including phenoxy) is 1. The molecule has 1 fully saturated rings. The first-order valence-electron chi connectivity index (χ1n) is 8.19. The van der Waals surface area contributed by atoms with Gasteiger partial charge in [-0.2, -0.15) is 16.9 Å². The van der Waals surface area contributed by atoms with Crippen LogP contribution in [0.4, 0.5) is 5.95 Å². The molecule has 0 spiro atoms. The summed E-state index contributed by atoms with van der Waals surface area (Å²) in [6.45, 7) is 1.99. The van der Waals surface area contributed by atoms with Gasteiger partial charge in [-0.25, -0.2) is 14.6 Å². The average molecular weight is 353 g/mol. The van der Waals surface area contributed by atoms with Crippen LogP contribution in [0.5, 0.6) is 5.75 Å². The normalized spacial score (nSPS) is 14.5. The molecule has 3 aromatic rings. The van der Waals surface area contributed by atoms with Gasteiger partial charge in [0.05, 0.1) is 24.7 Å². The third-order valence-corrected chi connectivity index (χ3v) is 5.08. The summed E-state index contributed by atoms with van der Waals surface area (Å²) < 4.78 is 7.11. The third kappa shape index (κ3) is 3.46. The number of anilines is 1. The van der Waals surface area contributed by atoms with Crippen LogP contribution in [0.15, 0.2) is 48.9 Å². The number of hydrogen-bond donors (Lipinski definition) is 0. The van der Waals surface area contributed by atoms with Gasteiger partial charge in [-0.3, -0.25) is 0 Å². The summed E-state index contributed by atoms with van der Waals surface area (Å²) in [6.07, 6.45) is 5.63. The number of hydrogen-bond acceptors (Lipinski definition) is 6. The van der Waals surface area contributed by atoms with Crippen molar-refractivity contribution in [3.63, 3.8) is 0 Å². The van der Waals surface area contributed by atoms with E-state index in [2.05, 4.69) is 15.0 Å². The van der Waals surface area contributed by atoms with Crippen molar-refractivity contribution in [2.75, 3.05) is 36.6 Å². The van der Waals surface area contributed by atoms with E-state index in [0.717, 1.165) is 53.2 Å². The van der Waals surface area contributed by atoms with E-state index >= 15 is 0 Å². The minimum atomic E-state index is 0.798. The zero-order valence-electron chi connectivity index (χ0n) is 14.0. The number of methoxy groups -OCH3 is 1. The van der Waals surface area contributed by atoms with E-state index in [1.807, 2.05) is 65.4 Å². The Kier molecular flexibility index (Phi) is 4.56. The Morgan fingerprint density at radius 1 is 1.16 bits per heavy atom. The lowest BCUT2D eigenvalue weighted by molar-refractivity contribution is 0.414. The molecule has 1 saturated heterocycles. The second kappa shape index (κ2) is 7.14. The fourth-order valence-corrected chi connectivity index (χ4v) is 3.68. The lowest BCUT2D eigenvalue weighted by Crippen LogP contribution is -2.33. The minimum Gasteiger partial charge on any atom is -0.497 e. The first kappa shape index (κ1) is 16.0. The maximum Gasteiger partial charge on any atom is 0.225 e. The topological polar surface area (TPSA) is 56.1 Å². The Balaban J connectivity index is 1.61. The van der Waals surface area contributed by atoms with Crippen LogP contribution in [0, 0.1) is 0 Å². The molecular formula is C18H19N5OS. The molecule has 1 aliphatic heterocycles. The number of thioether (sulfide) groups is 1. The highest BCUT2D eigenvalue weighted by Gasteiger charge is 2.15. The summed E-state index contributed by atoms with van der Waals surface area (Å²) in [5, 5.41) is 4.46. The fraction of sp³-hybridized carbons (Fsp3) is 0.278. The average Bonchev–Trinajstić information content (AvgIpc) is 3.19. The maximum absolute atomic E-state index is 5.28. The van der Waals surface area contributed by atoms with Crippen LogP contribution in [0.2, 0.25) is 0 Å². The minimum absolute atomic E-state index is 0.798. The second-order valence-corrected chi connectivity index (χ2v) is 6.94. The third-order valence-electron chi connectivity index (χ3n) is 4.13. The molecular weight excluding hydrogens is 334 g/mol. The van der Waals surface area contributed by atoms with Crippen molar-refractivity contribution in [3.8, 4) is 22.7 Å². The van der Waals surface area contributed by atoms with Gasteiger partial charge in [0.25, 0.3) is 0 Å². The number of aromatic nitrogens is 4. The van der Waals surface area contributed by atoms with Crippen LogP contribution >= 0.6 is 11.8 Å².